The maximum absolute atomic E-state index is 12.0. The van der Waals surface area contributed by atoms with Crippen molar-refractivity contribution in [3.8, 4) is 11.8 Å². The third kappa shape index (κ3) is 4.71. The molecule has 2 fully saturated rings. The van der Waals surface area contributed by atoms with E-state index in [0.717, 1.165) is 65.2 Å². The standard InChI is InChI=1S/C28H32N6O3/c1-17-20(16-29)6-5-7-22(17)18(2)30-27-23-14-25(26(36-4)15-24(23)31-19(3)32-27)33-10-8-21(9-11-33)34-12-13-37-28(34)35/h5-7,14-15,18,21H,8-13H2,1-4H3,(H,30,31,32)/t18-/m1/s1. The molecule has 0 bridgehead atoms. The van der Waals surface area contributed by atoms with Crippen LogP contribution in [-0.2, 0) is 4.74 Å². The predicted octanol–water partition coefficient (Wildman–Crippen LogP) is 4.72. The number of benzene rings is 2. The third-order valence-corrected chi connectivity index (χ3v) is 7.46. The smallest absolute Gasteiger partial charge is 0.410 e. The maximum Gasteiger partial charge on any atom is 0.410 e. The number of aryl methyl sites for hydroxylation is 1. The molecular weight excluding hydrogens is 468 g/mol. The highest BCUT2D eigenvalue weighted by Gasteiger charge is 2.33. The fourth-order valence-electron chi connectivity index (χ4n) is 5.46. The number of carbonyl (C=O) groups excluding carboxylic acids is 1. The van der Waals surface area contributed by atoms with Crippen molar-refractivity contribution in [2.45, 2.75) is 45.7 Å². The molecule has 9 heteroatoms. The van der Waals surface area contributed by atoms with Crippen molar-refractivity contribution in [3.63, 3.8) is 0 Å². The largest absolute Gasteiger partial charge is 0.495 e. The average molecular weight is 501 g/mol. The molecular formula is C28H32N6O3. The molecule has 0 spiro atoms. The number of aromatic nitrogens is 2. The van der Waals surface area contributed by atoms with E-state index in [9.17, 15) is 10.1 Å². The van der Waals surface area contributed by atoms with Gasteiger partial charge < -0.3 is 24.6 Å². The number of nitrogens with zero attached hydrogens (tertiary/aromatic N) is 5. The van der Waals surface area contributed by atoms with Crippen LogP contribution in [0.25, 0.3) is 10.9 Å². The summed E-state index contributed by atoms with van der Waals surface area (Å²) < 4.78 is 10.9. The van der Waals surface area contributed by atoms with E-state index in [0.29, 0.717) is 24.5 Å². The molecule has 2 aliphatic rings. The van der Waals surface area contributed by atoms with Crippen LogP contribution in [0.1, 0.15) is 48.3 Å². The first kappa shape index (κ1) is 24.6. The first-order chi connectivity index (χ1) is 17.9. The van der Waals surface area contributed by atoms with Crippen LogP contribution in [0, 0.1) is 25.2 Å². The van der Waals surface area contributed by atoms with Crippen LogP contribution in [0.2, 0.25) is 0 Å². The topological polar surface area (TPSA) is 104 Å². The lowest BCUT2D eigenvalue weighted by molar-refractivity contribution is 0.142. The SMILES string of the molecule is COc1cc2nc(C)nc(N[C@H](C)c3cccc(C#N)c3C)c2cc1N1CCC(N2CCOC2=O)CC1. The monoisotopic (exact) mass is 500 g/mol. The number of amides is 1. The molecule has 1 amide bonds. The van der Waals surface area contributed by atoms with E-state index >= 15 is 0 Å². The van der Waals surface area contributed by atoms with Crippen molar-refractivity contribution in [2.75, 3.05) is 43.6 Å². The Morgan fingerprint density at radius 1 is 1.19 bits per heavy atom. The molecule has 2 aromatic carbocycles. The van der Waals surface area contributed by atoms with Gasteiger partial charge in [0.05, 0.1) is 42.5 Å². The second-order valence-corrected chi connectivity index (χ2v) is 9.68. The van der Waals surface area contributed by atoms with Crippen molar-refractivity contribution in [3.05, 3.63) is 52.8 Å². The third-order valence-electron chi connectivity index (χ3n) is 7.46. The molecule has 3 aromatic rings. The number of methoxy groups -OCH3 is 1. The molecule has 0 unspecified atom stereocenters. The lowest BCUT2D eigenvalue weighted by Crippen LogP contribution is -2.45. The number of nitrogens with one attached hydrogen (secondary N) is 1. The molecule has 3 heterocycles. The summed E-state index contributed by atoms with van der Waals surface area (Å²) >= 11 is 0. The van der Waals surface area contributed by atoms with Crippen LogP contribution in [0.15, 0.2) is 30.3 Å². The van der Waals surface area contributed by atoms with E-state index in [2.05, 4.69) is 34.3 Å². The Morgan fingerprint density at radius 2 is 1.97 bits per heavy atom. The number of rotatable bonds is 6. The highest BCUT2D eigenvalue weighted by atomic mass is 16.6. The molecule has 1 atom stereocenters. The molecule has 2 saturated heterocycles. The van der Waals surface area contributed by atoms with E-state index in [1.807, 2.05) is 43.0 Å². The van der Waals surface area contributed by atoms with Gasteiger partial charge in [-0.15, -0.1) is 0 Å². The van der Waals surface area contributed by atoms with E-state index < -0.39 is 0 Å². The highest BCUT2D eigenvalue weighted by Crippen LogP contribution is 2.38. The fraction of sp³-hybridized carbons (Fsp3) is 0.429. The average Bonchev–Trinajstić information content (AvgIpc) is 3.33. The van der Waals surface area contributed by atoms with Crippen molar-refractivity contribution < 1.29 is 14.3 Å². The number of hydrogen-bond donors (Lipinski definition) is 1. The minimum Gasteiger partial charge on any atom is -0.495 e. The van der Waals surface area contributed by atoms with E-state index in [1.54, 1.807) is 7.11 Å². The van der Waals surface area contributed by atoms with E-state index in [-0.39, 0.29) is 18.2 Å². The molecule has 2 aliphatic heterocycles. The van der Waals surface area contributed by atoms with Gasteiger partial charge in [0.25, 0.3) is 0 Å². The Morgan fingerprint density at radius 3 is 2.65 bits per heavy atom. The minimum absolute atomic E-state index is 0.0627. The zero-order valence-electron chi connectivity index (χ0n) is 21.7. The van der Waals surface area contributed by atoms with Crippen LogP contribution >= 0.6 is 0 Å². The maximum atomic E-state index is 12.0. The second kappa shape index (κ2) is 10.1. The van der Waals surface area contributed by atoms with Crippen LogP contribution < -0.4 is 15.0 Å². The number of piperidine rings is 1. The Balaban J connectivity index is 1.45. The summed E-state index contributed by atoms with van der Waals surface area (Å²) in [4.78, 5) is 25.6. The van der Waals surface area contributed by atoms with Crippen LogP contribution in [0.3, 0.4) is 0 Å². The van der Waals surface area contributed by atoms with E-state index in [4.69, 9.17) is 14.5 Å². The van der Waals surface area contributed by atoms with Crippen molar-refractivity contribution in [1.82, 2.24) is 14.9 Å². The normalized spacial score (nSPS) is 17.0. The van der Waals surface area contributed by atoms with Crippen LogP contribution in [0.4, 0.5) is 16.3 Å². The molecule has 0 radical (unpaired) electrons. The number of nitriles is 1. The zero-order valence-corrected chi connectivity index (χ0v) is 21.7. The molecule has 0 aliphatic carbocycles. The van der Waals surface area contributed by atoms with Gasteiger partial charge in [-0.25, -0.2) is 14.8 Å². The van der Waals surface area contributed by atoms with Crippen LogP contribution in [-0.4, -0.2) is 60.4 Å². The van der Waals surface area contributed by atoms with Gasteiger partial charge in [0.1, 0.15) is 24.0 Å². The first-order valence-corrected chi connectivity index (χ1v) is 12.7. The molecule has 0 saturated carbocycles. The molecule has 37 heavy (non-hydrogen) atoms. The molecule has 9 nitrogen and oxygen atoms in total. The minimum atomic E-state index is -0.199. The number of anilines is 2. The van der Waals surface area contributed by atoms with Gasteiger partial charge in [0, 0.05) is 30.6 Å². The summed E-state index contributed by atoms with van der Waals surface area (Å²) in [6, 6.07) is 12.3. The predicted molar refractivity (Wildman–Crippen MR) is 142 cm³/mol. The summed E-state index contributed by atoms with van der Waals surface area (Å²) in [7, 11) is 1.68. The van der Waals surface area contributed by atoms with E-state index in [1.165, 1.54) is 0 Å². The Bertz CT molecular complexity index is 1380. The summed E-state index contributed by atoms with van der Waals surface area (Å²) in [6.45, 7) is 8.69. The Labute approximate surface area is 217 Å². The molecule has 192 valence electrons. The van der Waals surface area contributed by atoms with Gasteiger partial charge in [-0.1, -0.05) is 12.1 Å². The summed E-state index contributed by atoms with van der Waals surface area (Å²) in [5.41, 5.74) is 4.49. The molecule has 1 aromatic heterocycles. The molecule has 1 N–H and O–H groups in total. The first-order valence-electron chi connectivity index (χ1n) is 12.7. The Kier molecular flexibility index (Phi) is 6.74. The Hall–Kier alpha value is -4.06. The summed E-state index contributed by atoms with van der Waals surface area (Å²) in [5, 5.41) is 13.9. The summed E-state index contributed by atoms with van der Waals surface area (Å²) in [5.74, 6) is 2.18. The van der Waals surface area contributed by atoms with Gasteiger partial charge in [-0.05, 0) is 56.9 Å². The fourth-order valence-corrected chi connectivity index (χ4v) is 5.46. The number of hydrogen-bond acceptors (Lipinski definition) is 8. The number of cyclic esters (lactones) is 1. The number of ether oxygens (including phenoxy) is 2. The lowest BCUT2D eigenvalue weighted by atomic mass is 9.98. The second-order valence-electron chi connectivity index (χ2n) is 9.68. The van der Waals surface area contributed by atoms with Crippen molar-refractivity contribution >= 4 is 28.5 Å². The van der Waals surface area contributed by atoms with Gasteiger partial charge in [0.15, 0.2) is 0 Å². The van der Waals surface area contributed by atoms with Crippen LogP contribution in [0.5, 0.6) is 5.75 Å². The number of fused-ring (bicyclic) bond motifs is 1. The quantitative estimate of drug-likeness (QED) is 0.519. The highest BCUT2D eigenvalue weighted by molar-refractivity contribution is 5.94. The molecule has 5 rings (SSSR count). The summed E-state index contributed by atoms with van der Waals surface area (Å²) in [6.07, 6.45) is 1.55. The van der Waals surface area contributed by atoms with Gasteiger partial charge >= 0.3 is 6.09 Å². The van der Waals surface area contributed by atoms with Gasteiger partial charge in [0.2, 0.25) is 0 Å². The zero-order chi connectivity index (χ0) is 26.1. The lowest BCUT2D eigenvalue weighted by Gasteiger charge is -2.37. The van der Waals surface area contributed by atoms with Crippen molar-refractivity contribution in [2.24, 2.45) is 0 Å². The van der Waals surface area contributed by atoms with Gasteiger partial charge in [-0.3, -0.25) is 0 Å². The van der Waals surface area contributed by atoms with Gasteiger partial charge in [-0.2, -0.15) is 5.26 Å². The number of carbonyl (C=O) groups is 1. The van der Waals surface area contributed by atoms with Crippen molar-refractivity contribution in [1.29, 1.82) is 5.26 Å².